The van der Waals surface area contributed by atoms with Crippen molar-refractivity contribution in [1.82, 2.24) is 0 Å². The summed E-state index contributed by atoms with van der Waals surface area (Å²) >= 11 is 0. The van der Waals surface area contributed by atoms with Gasteiger partial charge in [-0.25, -0.2) is 0 Å². The van der Waals surface area contributed by atoms with Gasteiger partial charge in [-0.3, -0.25) is 14.4 Å². The predicted octanol–water partition coefficient (Wildman–Crippen LogP) is 17.6. The normalized spacial score (nSPS) is 57.0. The van der Waals surface area contributed by atoms with Crippen molar-refractivity contribution in [2.75, 3.05) is 40.2 Å². The van der Waals surface area contributed by atoms with Crippen molar-refractivity contribution < 1.29 is 118 Å². The molecular formula is C118H184O24. The van der Waals surface area contributed by atoms with Crippen LogP contribution in [0.2, 0.25) is 0 Å². The maximum atomic E-state index is 13.9. The van der Waals surface area contributed by atoms with Crippen LogP contribution in [0.15, 0.2) is 0 Å². The van der Waals surface area contributed by atoms with E-state index in [4.69, 9.17) is 42.6 Å². The van der Waals surface area contributed by atoms with Gasteiger partial charge in [0.25, 0.3) is 0 Å². The van der Waals surface area contributed by atoms with Gasteiger partial charge in [0, 0.05) is 64.2 Å². The Morgan fingerprint density at radius 3 is 0.923 bits per heavy atom. The first-order chi connectivity index (χ1) is 67.5. The second-order valence-corrected chi connectivity index (χ2v) is 58.0. The monoisotopic (exact) mass is 1990 g/mol. The SMILES string of the molecule is C[C@H](CCC(=O)O)[C@H]1CCC2C3C(C[C@H](O)[C@@]21C)[C@@]1(C)C(COC2C4CC5CC(C4)CC2C5)C[C@@](O)(OCOC2C4CC5CC(OCO[C@]6(O)CC(COC7C8CC9CC(C8)CC7C9)[C@]7(C)C8C[C@H](O)[C@@]9(C)C(CC[C@@H]9[C@H](C)CCC(=O)O)C8[C@H](O)C[C@@H]7C6)(C4)CC2(OCO[C@]2(O)CC(COC4C6CC7CC(C6)CC4C7)[C@]4(C)C6C[C@H](O)[C@@]7(C)C(CC[C@@H]7[C@H](C)CCC(=O)O)C6[C@H](O)C[C@@H]4C2)C5)C[C@H]1C[C@H]3O. The summed E-state index contributed by atoms with van der Waals surface area (Å²) in [6, 6.07) is 0. The van der Waals surface area contributed by atoms with Crippen LogP contribution in [0.1, 0.15) is 345 Å². The largest absolute Gasteiger partial charge is 0.481 e. The van der Waals surface area contributed by atoms with E-state index in [2.05, 4.69) is 62.3 Å². The predicted molar refractivity (Wildman–Crippen MR) is 524 cm³/mol. The lowest BCUT2D eigenvalue weighted by atomic mass is 9.40. The highest BCUT2D eigenvalue weighted by atomic mass is 16.8. The van der Waals surface area contributed by atoms with Crippen LogP contribution in [0, 0.1) is 240 Å². The van der Waals surface area contributed by atoms with Gasteiger partial charge in [-0.2, -0.15) is 0 Å². The summed E-state index contributed by atoms with van der Waals surface area (Å²) in [5, 5.41) is 149. The van der Waals surface area contributed by atoms with E-state index in [0.29, 0.717) is 145 Å². The van der Waals surface area contributed by atoms with Crippen molar-refractivity contribution in [2.24, 2.45) is 240 Å². The van der Waals surface area contributed by atoms with E-state index in [1.807, 2.05) is 0 Å². The highest BCUT2D eigenvalue weighted by molar-refractivity contribution is 5.67. The second-order valence-electron chi connectivity index (χ2n) is 58.0. The van der Waals surface area contributed by atoms with Crippen LogP contribution in [-0.4, -0.2) is 209 Å². The number of fused-ring (bicyclic) bond motifs is 15. The van der Waals surface area contributed by atoms with Crippen LogP contribution in [0.25, 0.3) is 0 Å². The van der Waals surface area contributed by atoms with Gasteiger partial charge in [0.2, 0.25) is 0 Å². The highest BCUT2D eigenvalue weighted by Crippen LogP contribution is 2.77. The van der Waals surface area contributed by atoms with Crippen molar-refractivity contribution in [1.29, 1.82) is 0 Å². The lowest BCUT2D eigenvalue weighted by Crippen LogP contribution is -2.69. The fourth-order valence-electron chi connectivity index (χ4n) is 46.4. The summed E-state index contributed by atoms with van der Waals surface area (Å²) < 4.78 is 66.8. The van der Waals surface area contributed by atoms with Crippen LogP contribution in [-0.2, 0) is 57.0 Å². The minimum Gasteiger partial charge on any atom is -0.481 e. The molecule has 0 aliphatic heterocycles. The summed E-state index contributed by atoms with van der Waals surface area (Å²) in [6.07, 6.45) is 28.8. The number of ether oxygens (including phenoxy) is 9. The molecule has 0 aromatic heterocycles. The van der Waals surface area contributed by atoms with Gasteiger partial charge in [0.1, 0.15) is 5.60 Å². The molecule has 0 heterocycles. The summed E-state index contributed by atoms with van der Waals surface area (Å²) in [5.41, 5.74) is -4.78. The third-order valence-electron chi connectivity index (χ3n) is 52.0. The first-order valence-electron chi connectivity index (χ1n) is 59.1. The lowest BCUT2D eigenvalue weighted by Gasteiger charge is -2.66. The molecule has 17 unspecified atom stereocenters. The number of aliphatic carboxylic acids is 3. The Bertz CT molecular complexity index is 4510. The molecule has 0 aromatic carbocycles. The molecule has 28 saturated carbocycles. The fraction of sp³-hybridized carbons (Fsp3) is 0.975. The average Bonchev–Trinajstić information content (AvgIpc) is 1.41. The zero-order chi connectivity index (χ0) is 98.9. The van der Waals surface area contributed by atoms with Gasteiger partial charge in [-0.05, 0) is 458 Å². The van der Waals surface area contributed by atoms with E-state index in [1.165, 1.54) is 96.3 Å². The van der Waals surface area contributed by atoms with Gasteiger partial charge in [-0.1, -0.05) is 62.3 Å². The van der Waals surface area contributed by atoms with Crippen LogP contribution in [0.4, 0.5) is 0 Å². The van der Waals surface area contributed by atoms with E-state index >= 15 is 0 Å². The zero-order valence-corrected chi connectivity index (χ0v) is 87.6. The van der Waals surface area contributed by atoms with Crippen molar-refractivity contribution in [3.8, 4) is 0 Å². The third kappa shape index (κ3) is 16.5. The molecule has 0 amide bonds. The molecule has 0 saturated heterocycles. The Kier molecular flexibility index (Phi) is 26.4. The number of aliphatic hydroxyl groups excluding tert-OH is 6. The lowest BCUT2D eigenvalue weighted by molar-refractivity contribution is -0.374. The fourth-order valence-corrected chi connectivity index (χ4v) is 46.4. The van der Waals surface area contributed by atoms with Crippen molar-refractivity contribution in [3.05, 3.63) is 0 Å². The van der Waals surface area contributed by atoms with Gasteiger partial charge < -0.3 is 104 Å². The molecule has 0 aromatic rings. The minimum absolute atomic E-state index is 0.0279. The minimum atomic E-state index is -1.73. The highest BCUT2D eigenvalue weighted by Gasteiger charge is 2.76. The number of rotatable bonds is 33. The second kappa shape index (κ2) is 37.0. The van der Waals surface area contributed by atoms with Crippen LogP contribution >= 0.6 is 0 Å². The molecule has 24 nitrogen and oxygen atoms in total. The van der Waals surface area contributed by atoms with E-state index in [-0.39, 0.29) is 226 Å². The Morgan fingerprint density at radius 2 is 0.606 bits per heavy atom. The molecule has 28 fully saturated rings. The quantitative estimate of drug-likeness (QED) is 0.0272. The number of hydrogen-bond acceptors (Lipinski definition) is 21. The zero-order valence-electron chi connectivity index (χ0n) is 87.6. The summed E-state index contributed by atoms with van der Waals surface area (Å²) in [7, 11) is 0. The van der Waals surface area contributed by atoms with E-state index in [1.54, 1.807) is 0 Å². The molecule has 800 valence electrons. The topological polar surface area (TPSA) is 377 Å². The molecule has 24 heteroatoms. The number of aliphatic hydroxyl groups is 9. The van der Waals surface area contributed by atoms with Crippen molar-refractivity contribution in [2.45, 2.75) is 434 Å². The van der Waals surface area contributed by atoms with Gasteiger partial charge in [0.15, 0.2) is 37.7 Å². The van der Waals surface area contributed by atoms with Crippen molar-refractivity contribution >= 4 is 17.9 Å². The number of carboxylic acid groups (broad SMARTS) is 3. The number of carbonyl (C=O) groups is 3. The van der Waals surface area contributed by atoms with Crippen LogP contribution in [0.5, 0.6) is 0 Å². The Labute approximate surface area is 845 Å². The molecule has 0 spiro atoms. The molecule has 41 atom stereocenters. The molecule has 142 heavy (non-hydrogen) atoms. The molecule has 28 rings (SSSR count). The molecule has 12 N–H and O–H groups in total. The van der Waals surface area contributed by atoms with E-state index in [9.17, 15) is 75.7 Å². The number of carboxylic acids is 3. The molecular weight excluding hydrogens is 1800 g/mol. The smallest absolute Gasteiger partial charge is 0.303 e. The summed E-state index contributed by atoms with van der Waals surface area (Å²) in [6.45, 7) is 21.0. The third-order valence-corrected chi connectivity index (χ3v) is 52.0. The molecule has 16 bridgehead atoms. The average molecular weight is 1990 g/mol. The number of hydrogen-bond donors (Lipinski definition) is 12. The first-order valence-corrected chi connectivity index (χ1v) is 59.1. The van der Waals surface area contributed by atoms with E-state index < -0.39 is 122 Å². The Balaban J connectivity index is 0.519. The molecule has 28 aliphatic rings. The first kappa shape index (κ1) is 102. The van der Waals surface area contributed by atoms with Gasteiger partial charge >= 0.3 is 17.9 Å². The molecule has 0 radical (unpaired) electrons. The van der Waals surface area contributed by atoms with Gasteiger partial charge in [-0.15, -0.1) is 0 Å². The summed E-state index contributed by atoms with van der Waals surface area (Å²) in [5.74, 6) is -0.919. The van der Waals surface area contributed by atoms with E-state index in [0.717, 1.165) is 80.5 Å². The standard InChI is InChI=1S/C118H184O24/c1-60(10-19-98(125)126)83-13-16-86-101-89(41-95(122)111(83,86)7)108(4)77(38-92(101)119)47-116(131,50-80(108)53-134-104-70-25-63-22-64(27-70)28-71(104)26-63)140-57-137-107-76-37-69-44-114(46-76,138-58-141-117(132)48-78-39-93(120)102-87-17-14-84(61(2)11-20-99(127)128)112(87,8)96(123)42-90(102)109(78,5)81(51-117)54-135-105-72-29-65-23-66(31-72)32-73(105)30-65)56-115(107,45-69)139-59-142-118(133)49-79-40-94(121)103-88-18-15-85(62(3)12-21-100(129)130)113(88,9)97(124)43-91(103)110(79,6)82(52-118)55-136-106-74-33-67-24-68(35-74)36-75(106)34-67/h60-97,101-107,119-124,131-133H,10-59H2,1-9H3,(H,125,126)(H,127,128)(H,129,130)/t60-,61-,62-,63?,64?,65?,66?,67?,68?,69?,70?,71?,72?,73?,74?,75?,76?,77-,78-,79-,80?,81?,82?,83-,84-,85-,86?,87?,88?,89?,90?,91?,92-,93-,94-,95+,96+,97+,101?,102?,103?,104?,105?,106?,107?,108-,109-,110-,111-,112-,113-,114?,115?,116+,117+,118+/m1/s1. The summed E-state index contributed by atoms with van der Waals surface area (Å²) in [4.78, 5) is 36.1. The van der Waals surface area contributed by atoms with Gasteiger partial charge in [0.05, 0.1) is 86.5 Å². The molecule has 28 aliphatic carbocycles. The maximum Gasteiger partial charge on any atom is 0.303 e. The van der Waals surface area contributed by atoms with Crippen LogP contribution in [0.3, 0.4) is 0 Å². The maximum absolute atomic E-state index is 13.9. The van der Waals surface area contributed by atoms with Crippen molar-refractivity contribution in [3.63, 3.8) is 0 Å². The van der Waals surface area contributed by atoms with Crippen LogP contribution < -0.4 is 0 Å². The Hall–Kier alpha value is -2.31. The Morgan fingerprint density at radius 1 is 0.303 bits per heavy atom.